The first-order valence-electron chi connectivity index (χ1n) is 9.57. The van der Waals surface area contributed by atoms with Crippen LogP contribution in [0.25, 0.3) is 22.2 Å². The highest BCUT2D eigenvalue weighted by Gasteiger charge is 2.15. The Balaban J connectivity index is 1.82. The Morgan fingerprint density at radius 2 is 1.57 bits per heavy atom. The molecule has 0 fully saturated rings. The van der Waals surface area contributed by atoms with Crippen LogP contribution in [0.5, 0.6) is 0 Å². The summed E-state index contributed by atoms with van der Waals surface area (Å²) in [4.78, 5) is 10.8. The highest BCUT2D eigenvalue weighted by molar-refractivity contribution is 5.88. The largest absolute Gasteiger partial charge is 0.502 e. The monoisotopic (exact) mass is 399 g/mol. The molecule has 4 aromatic rings. The minimum absolute atomic E-state index is 0.506. The number of aromatic nitrogens is 1. The summed E-state index contributed by atoms with van der Waals surface area (Å²) in [5, 5.41) is 29.5. The first-order chi connectivity index (χ1) is 14.5. The maximum absolute atomic E-state index is 10.8. The van der Waals surface area contributed by atoms with Gasteiger partial charge in [0.05, 0.1) is 0 Å². The van der Waals surface area contributed by atoms with Crippen molar-refractivity contribution in [3.8, 4) is 11.3 Å². The zero-order valence-electron chi connectivity index (χ0n) is 16.1. The van der Waals surface area contributed by atoms with E-state index in [1.165, 1.54) is 5.56 Å². The molecule has 0 aliphatic rings. The van der Waals surface area contributed by atoms with Crippen molar-refractivity contribution in [3.63, 3.8) is 0 Å². The van der Waals surface area contributed by atoms with Crippen molar-refractivity contribution in [3.05, 3.63) is 108 Å². The fourth-order valence-electron chi connectivity index (χ4n) is 3.57. The number of hydrogen-bond acceptors (Lipinski definition) is 3. The minimum Gasteiger partial charge on any atom is -0.502 e. The third kappa shape index (κ3) is 3.97. The van der Waals surface area contributed by atoms with Crippen molar-refractivity contribution >= 4 is 16.9 Å². The Hall–Kier alpha value is -3.83. The molecule has 1 atom stereocenters. The Morgan fingerprint density at radius 1 is 0.900 bits per heavy atom. The van der Waals surface area contributed by atoms with E-state index in [2.05, 4.69) is 34.9 Å². The fourth-order valence-corrected chi connectivity index (χ4v) is 3.57. The van der Waals surface area contributed by atoms with E-state index in [0.29, 0.717) is 12.1 Å². The van der Waals surface area contributed by atoms with Crippen LogP contribution in [0.1, 0.15) is 17.2 Å². The third-order valence-corrected chi connectivity index (χ3v) is 5.05. The molecular formula is C25H21NO4. The van der Waals surface area contributed by atoms with E-state index in [4.69, 9.17) is 5.11 Å². The summed E-state index contributed by atoms with van der Waals surface area (Å²) in [6, 6.07) is 27.8. The number of carboxylic acid groups (broad SMARTS) is 1. The number of benzene rings is 3. The second kappa shape index (κ2) is 8.27. The van der Waals surface area contributed by atoms with Gasteiger partial charge in [0.25, 0.3) is 0 Å². The molecule has 30 heavy (non-hydrogen) atoms. The standard InChI is InChI=1S/C25H21NO4/c27-23(15-24(28)25(29)30)19-11-12-21-20(13-19)14-22(18-9-5-2-6-10-18)26(21)16-17-7-3-1-4-8-17/h1-15,23,27-28H,16H2,(H,29,30)/b24-15+. The van der Waals surface area contributed by atoms with Crippen molar-refractivity contribution in [2.75, 3.05) is 0 Å². The van der Waals surface area contributed by atoms with E-state index in [-0.39, 0.29) is 0 Å². The minimum atomic E-state index is -1.48. The normalized spacial score (nSPS) is 12.8. The number of aliphatic carboxylic acids is 1. The molecule has 1 heterocycles. The molecule has 3 aromatic carbocycles. The molecule has 0 bridgehead atoms. The van der Waals surface area contributed by atoms with Crippen LogP contribution in [0.4, 0.5) is 0 Å². The molecule has 0 saturated carbocycles. The summed E-state index contributed by atoms with van der Waals surface area (Å²) in [5.41, 5.74) is 4.80. The highest BCUT2D eigenvalue weighted by Crippen LogP contribution is 2.31. The Labute approximate surface area is 173 Å². The SMILES string of the molecule is O=C(O)/C(O)=C\C(O)c1ccc2c(c1)cc(-c1ccccc1)n2Cc1ccccc1. The number of aliphatic hydroxyl groups excluding tert-OH is 2. The molecule has 1 aromatic heterocycles. The Bertz CT molecular complexity index is 1210. The lowest BCUT2D eigenvalue weighted by molar-refractivity contribution is -0.135. The van der Waals surface area contributed by atoms with Crippen LogP contribution < -0.4 is 0 Å². The van der Waals surface area contributed by atoms with Crippen LogP contribution in [-0.4, -0.2) is 25.9 Å². The molecule has 0 aliphatic heterocycles. The first kappa shape index (κ1) is 19.5. The van der Waals surface area contributed by atoms with Crippen LogP contribution in [0, 0.1) is 0 Å². The predicted octanol–water partition coefficient (Wildman–Crippen LogP) is 4.92. The lowest BCUT2D eigenvalue weighted by Gasteiger charge is -2.12. The maximum Gasteiger partial charge on any atom is 0.370 e. The maximum atomic E-state index is 10.8. The van der Waals surface area contributed by atoms with Gasteiger partial charge in [-0.3, -0.25) is 0 Å². The summed E-state index contributed by atoms with van der Waals surface area (Å²) in [6.45, 7) is 0.691. The van der Waals surface area contributed by atoms with Crippen molar-refractivity contribution in [2.24, 2.45) is 0 Å². The van der Waals surface area contributed by atoms with Gasteiger partial charge in [0.1, 0.15) is 6.10 Å². The lowest BCUT2D eigenvalue weighted by Crippen LogP contribution is -2.03. The molecule has 4 rings (SSSR count). The first-order valence-corrected chi connectivity index (χ1v) is 9.57. The van der Waals surface area contributed by atoms with Gasteiger partial charge in [-0.2, -0.15) is 0 Å². The molecule has 0 saturated heterocycles. The van der Waals surface area contributed by atoms with Gasteiger partial charge in [0.15, 0.2) is 0 Å². The number of hydrogen-bond donors (Lipinski definition) is 3. The molecule has 1 unspecified atom stereocenters. The summed E-state index contributed by atoms with van der Waals surface area (Å²) in [7, 11) is 0. The molecule has 5 nitrogen and oxygen atoms in total. The zero-order valence-corrected chi connectivity index (χ0v) is 16.1. The van der Waals surface area contributed by atoms with Crippen molar-refractivity contribution in [2.45, 2.75) is 12.6 Å². The average molecular weight is 399 g/mol. The Morgan fingerprint density at radius 3 is 2.23 bits per heavy atom. The van der Waals surface area contributed by atoms with Gasteiger partial charge < -0.3 is 19.9 Å². The number of rotatable bonds is 6. The molecule has 150 valence electrons. The van der Waals surface area contributed by atoms with Gasteiger partial charge in [0, 0.05) is 23.1 Å². The molecule has 0 aliphatic carbocycles. The second-order valence-electron chi connectivity index (χ2n) is 7.09. The molecule has 5 heteroatoms. The van der Waals surface area contributed by atoms with Crippen LogP contribution in [-0.2, 0) is 11.3 Å². The Kier molecular flexibility index (Phi) is 5.37. The predicted molar refractivity (Wildman–Crippen MR) is 116 cm³/mol. The summed E-state index contributed by atoms with van der Waals surface area (Å²) < 4.78 is 2.22. The quantitative estimate of drug-likeness (QED) is 0.318. The van der Waals surface area contributed by atoms with Gasteiger partial charge in [0.2, 0.25) is 5.76 Å². The van der Waals surface area contributed by atoms with E-state index < -0.39 is 17.8 Å². The topological polar surface area (TPSA) is 82.7 Å². The number of fused-ring (bicyclic) bond motifs is 1. The summed E-state index contributed by atoms with van der Waals surface area (Å²) >= 11 is 0. The molecule has 0 radical (unpaired) electrons. The number of carbonyl (C=O) groups is 1. The van der Waals surface area contributed by atoms with Gasteiger partial charge in [-0.1, -0.05) is 66.7 Å². The number of carboxylic acids is 1. The number of aliphatic hydroxyl groups is 2. The zero-order chi connectivity index (χ0) is 21.1. The second-order valence-corrected chi connectivity index (χ2v) is 7.09. The molecule has 0 amide bonds. The smallest absolute Gasteiger partial charge is 0.370 e. The lowest BCUT2D eigenvalue weighted by atomic mass is 10.1. The summed E-state index contributed by atoms with van der Waals surface area (Å²) in [5.74, 6) is -2.36. The van der Waals surface area contributed by atoms with Gasteiger partial charge in [-0.15, -0.1) is 0 Å². The van der Waals surface area contributed by atoms with E-state index in [0.717, 1.165) is 28.2 Å². The summed E-state index contributed by atoms with van der Waals surface area (Å²) in [6.07, 6.45) is -0.300. The van der Waals surface area contributed by atoms with Crippen LogP contribution in [0.3, 0.4) is 0 Å². The number of nitrogens with zero attached hydrogens (tertiary/aromatic N) is 1. The van der Waals surface area contributed by atoms with E-state index >= 15 is 0 Å². The van der Waals surface area contributed by atoms with Crippen molar-refractivity contribution < 1.29 is 20.1 Å². The van der Waals surface area contributed by atoms with E-state index in [1.54, 1.807) is 6.07 Å². The third-order valence-electron chi connectivity index (χ3n) is 5.05. The van der Waals surface area contributed by atoms with E-state index in [9.17, 15) is 15.0 Å². The van der Waals surface area contributed by atoms with Gasteiger partial charge in [-0.05, 0) is 41.0 Å². The van der Waals surface area contributed by atoms with Gasteiger partial charge >= 0.3 is 5.97 Å². The highest BCUT2D eigenvalue weighted by atomic mass is 16.4. The van der Waals surface area contributed by atoms with Crippen LogP contribution in [0.2, 0.25) is 0 Å². The molecule has 3 N–H and O–H groups in total. The fraction of sp³-hybridized carbons (Fsp3) is 0.0800. The van der Waals surface area contributed by atoms with Crippen LogP contribution in [0.15, 0.2) is 96.8 Å². The van der Waals surface area contributed by atoms with E-state index in [1.807, 2.05) is 48.5 Å². The molecular weight excluding hydrogens is 378 g/mol. The van der Waals surface area contributed by atoms with Crippen molar-refractivity contribution in [1.82, 2.24) is 4.57 Å². The van der Waals surface area contributed by atoms with Crippen LogP contribution >= 0.6 is 0 Å². The molecule has 0 spiro atoms. The average Bonchev–Trinajstić information content (AvgIpc) is 3.12. The van der Waals surface area contributed by atoms with Crippen molar-refractivity contribution in [1.29, 1.82) is 0 Å². The van der Waals surface area contributed by atoms with Gasteiger partial charge in [-0.25, -0.2) is 4.79 Å².